The monoisotopic (exact) mass is 499 g/mol. The topological polar surface area (TPSA) is 134 Å². The maximum atomic E-state index is 15.3. The van der Waals surface area contributed by atoms with Crippen molar-refractivity contribution in [3.8, 4) is 11.3 Å². The third-order valence-electron chi connectivity index (χ3n) is 7.07. The van der Waals surface area contributed by atoms with E-state index in [2.05, 4.69) is 20.5 Å². The number of halogens is 1. The number of furan rings is 2. The van der Waals surface area contributed by atoms with Gasteiger partial charge in [0.2, 0.25) is 11.8 Å². The molecule has 1 unspecified atom stereocenters. The number of aromatic amines is 1. The number of nitrogens with one attached hydrogen (secondary N) is 2. The van der Waals surface area contributed by atoms with Gasteiger partial charge >= 0.3 is 0 Å². The van der Waals surface area contributed by atoms with Crippen LogP contribution in [0.5, 0.6) is 0 Å². The summed E-state index contributed by atoms with van der Waals surface area (Å²) in [7, 11) is 0. The van der Waals surface area contributed by atoms with Gasteiger partial charge in [-0.25, -0.2) is 9.37 Å². The lowest BCUT2D eigenvalue weighted by molar-refractivity contribution is -0.127. The molecule has 0 radical (unpaired) electrons. The Bertz CT molecular complexity index is 1790. The third kappa shape index (κ3) is 3.06. The molecule has 1 saturated heterocycles. The number of fused-ring (bicyclic) bond motifs is 3. The summed E-state index contributed by atoms with van der Waals surface area (Å²) in [6.45, 7) is 1.61. The van der Waals surface area contributed by atoms with Crippen molar-refractivity contribution in [2.75, 3.05) is 6.54 Å². The number of H-pyrrole nitrogens is 1. The molecule has 10 nitrogen and oxygen atoms in total. The quantitative estimate of drug-likeness (QED) is 0.362. The SMILES string of the molecule is Cc1cc2cc3c(c(F)c2o1)C(=O)N(CC1(c2cc4nc(-c5cn[nH]c5)ccc4o2)CC(=O)NC1=O)C3. The zero-order valence-electron chi connectivity index (χ0n) is 19.4. The Morgan fingerprint density at radius 3 is 2.78 bits per heavy atom. The predicted molar refractivity (Wildman–Crippen MR) is 127 cm³/mol. The molecule has 2 N–H and O–H groups in total. The fourth-order valence-corrected chi connectivity index (χ4v) is 5.33. The lowest BCUT2D eigenvalue weighted by Gasteiger charge is -2.28. The van der Waals surface area contributed by atoms with E-state index >= 15 is 4.39 Å². The molecule has 0 spiro atoms. The number of aryl methyl sites for hydroxylation is 1. The number of amides is 3. The molecule has 6 heterocycles. The van der Waals surface area contributed by atoms with Gasteiger partial charge in [0.1, 0.15) is 22.5 Å². The fraction of sp³-hybridized carbons (Fsp3) is 0.192. The molecule has 5 aromatic rings. The average Bonchev–Trinajstić information content (AvgIpc) is 3.66. The number of imide groups is 1. The van der Waals surface area contributed by atoms with Gasteiger partial charge in [-0.15, -0.1) is 0 Å². The van der Waals surface area contributed by atoms with Crippen LogP contribution < -0.4 is 5.32 Å². The smallest absolute Gasteiger partial charge is 0.257 e. The van der Waals surface area contributed by atoms with Crippen LogP contribution in [0, 0.1) is 12.7 Å². The Morgan fingerprint density at radius 2 is 2.03 bits per heavy atom. The van der Waals surface area contributed by atoms with Crippen molar-refractivity contribution >= 4 is 39.8 Å². The Morgan fingerprint density at radius 1 is 1.16 bits per heavy atom. The lowest BCUT2D eigenvalue weighted by atomic mass is 9.82. The van der Waals surface area contributed by atoms with Gasteiger partial charge in [-0.3, -0.25) is 24.8 Å². The molecule has 37 heavy (non-hydrogen) atoms. The molecular weight excluding hydrogens is 481 g/mol. The second-order valence-electron chi connectivity index (χ2n) is 9.47. The molecule has 2 aliphatic heterocycles. The average molecular weight is 499 g/mol. The normalized spacial score (nSPS) is 19.4. The second-order valence-corrected chi connectivity index (χ2v) is 9.47. The van der Waals surface area contributed by atoms with Gasteiger partial charge in [0, 0.05) is 36.3 Å². The van der Waals surface area contributed by atoms with Gasteiger partial charge in [0.05, 0.1) is 23.9 Å². The van der Waals surface area contributed by atoms with Crippen molar-refractivity contribution in [3.05, 3.63) is 71.2 Å². The first-order chi connectivity index (χ1) is 17.8. The van der Waals surface area contributed by atoms with Crippen molar-refractivity contribution in [2.24, 2.45) is 0 Å². The molecule has 0 saturated carbocycles. The van der Waals surface area contributed by atoms with E-state index in [9.17, 15) is 14.4 Å². The molecule has 1 fully saturated rings. The van der Waals surface area contributed by atoms with Crippen LogP contribution >= 0.6 is 0 Å². The van der Waals surface area contributed by atoms with Crippen LogP contribution in [-0.4, -0.2) is 44.3 Å². The van der Waals surface area contributed by atoms with Crippen molar-refractivity contribution in [1.29, 1.82) is 0 Å². The van der Waals surface area contributed by atoms with Crippen LogP contribution in [0.4, 0.5) is 4.39 Å². The van der Waals surface area contributed by atoms with Crippen molar-refractivity contribution in [2.45, 2.75) is 25.3 Å². The van der Waals surface area contributed by atoms with E-state index in [1.165, 1.54) is 4.90 Å². The first-order valence-corrected chi connectivity index (χ1v) is 11.6. The third-order valence-corrected chi connectivity index (χ3v) is 7.07. The number of benzene rings is 1. The lowest BCUT2D eigenvalue weighted by Crippen LogP contribution is -2.46. The van der Waals surface area contributed by atoms with Crippen LogP contribution in [-0.2, 0) is 21.5 Å². The van der Waals surface area contributed by atoms with Crippen LogP contribution in [0.1, 0.15) is 33.9 Å². The number of aromatic nitrogens is 3. The molecule has 184 valence electrons. The minimum Gasteiger partial charge on any atom is -0.458 e. The number of rotatable bonds is 4. The minimum atomic E-state index is -1.49. The highest BCUT2D eigenvalue weighted by Crippen LogP contribution is 2.40. The van der Waals surface area contributed by atoms with E-state index in [-0.39, 0.29) is 36.4 Å². The summed E-state index contributed by atoms with van der Waals surface area (Å²) in [5.41, 5.74) is 1.27. The van der Waals surface area contributed by atoms with Crippen LogP contribution in [0.15, 0.2) is 51.6 Å². The summed E-state index contributed by atoms with van der Waals surface area (Å²) in [5, 5.41) is 9.57. The Hall–Kier alpha value is -4.80. The van der Waals surface area contributed by atoms with E-state index in [4.69, 9.17) is 8.83 Å². The first kappa shape index (κ1) is 21.5. The first-order valence-electron chi connectivity index (χ1n) is 11.6. The summed E-state index contributed by atoms with van der Waals surface area (Å²) >= 11 is 0. The Kier molecular flexibility index (Phi) is 4.27. The fourth-order valence-electron chi connectivity index (χ4n) is 5.33. The van der Waals surface area contributed by atoms with Crippen LogP contribution in [0.25, 0.3) is 33.3 Å². The summed E-state index contributed by atoms with van der Waals surface area (Å²) < 4.78 is 26.7. The zero-order valence-corrected chi connectivity index (χ0v) is 19.4. The number of carbonyl (C=O) groups excluding carboxylic acids is 3. The summed E-state index contributed by atoms with van der Waals surface area (Å²) in [4.78, 5) is 44.9. The van der Waals surface area contributed by atoms with Gasteiger partial charge in [-0.1, -0.05) is 0 Å². The number of nitrogens with zero attached hydrogens (tertiary/aromatic N) is 3. The maximum Gasteiger partial charge on any atom is 0.257 e. The predicted octanol–water partition coefficient (Wildman–Crippen LogP) is 3.35. The van der Waals surface area contributed by atoms with E-state index < -0.39 is 29.0 Å². The highest BCUT2D eigenvalue weighted by Gasteiger charge is 2.53. The highest BCUT2D eigenvalue weighted by molar-refractivity contribution is 6.10. The standard InChI is InChI=1S/C26H18FN5O5/c1-12-4-13-5-14-10-32(24(34)21(14)22(27)23(13)36-12)11-26(7-20(33)31-25(26)35)19-6-17-18(37-19)3-2-16(30-17)15-8-28-29-9-15/h2-6,8-9H,7,10-11H2,1H3,(H,28,29)(H,31,33,35). The van der Waals surface area contributed by atoms with Crippen molar-refractivity contribution in [1.82, 2.24) is 25.4 Å². The minimum absolute atomic E-state index is 0.0201. The summed E-state index contributed by atoms with van der Waals surface area (Å²) in [5.74, 6) is -1.63. The molecule has 3 amide bonds. The number of pyridine rings is 1. The van der Waals surface area contributed by atoms with E-state index in [1.807, 2.05) is 0 Å². The number of carbonyl (C=O) groups is 3. The van der Waals surface area contributed by atoms with Crippen LogP contribution in [0.3, 0.4) is 0 Å². The largest absolute Gasteiger partial charge is 0.458 e. The van der Waals surface area contributed by atoms with Crippen LogP contribution in [0.2, 0.25) is 0 Å². The number of hydrogen-bond donors (Lipinski definition) is 2. The Labute approximate surface area is 207 Å². The molecule has 1 atom stereocenters. The van der Waals surface area contributed by atoms with Gasteiger partial charge in [-0.2, -0.15) is 5.10 Å². The zero-order chi connectivity index (χ0) is 25.5. The van der Waals surface area contributed by atoms with E-state index in [0.717, 1.165) is 5.56 Å². The van der Waals surface area contributed by atoms with E-state index in [0.29, 0.717) is 33.5 Å². The van der Waals surface area contributed by atoms with Gasteiger partial charge in [-0.05, 0) is 36.8 Å². The van der Waals surface area contributed by atoms with Gasteiger partial charge in [0.15, 0.2) is 17.0 Å². The summed E-state index contributed by atoms with van der Waals surface area (Å²) in [6, 6.07) is 8.52. The highest BCUT2D eigenvalue weighted by atomic mass is 19.1. The van der Waals surface area contributed by atoms with Gasteiger partial charge in [0.25, 0.3) is 5.91 Å². The van der Waals surface area contributed by atoms with E-state index in [1.54, 1.807) is 49.6 Å². The molecular formula is C26H18FN5O5. The molecule has 2 aliphatic rings. The molecule has 0 bridgehead atoms. The van der Waals surface area contributed by atoms with Crippen molar-refractivity contribution in [3.63, 3.8) is 0 Å². The maximum absolute atomic E-state index is 15.3. The molecule has 4 aromatic heterocycles. The molecule has 11 heteroatoms. The van der Waals surface area contributed by atoms with Crippen molar-refractivity contribution < 1.29 is 27.6 Å². The Balaban J connectivity index is 1.29. The second kappa shape index (κ2) is 7.36. The van der Waals surface area contributed by atoms with Gasteiger partial charge < -0.3 is 13.7 Å². The summed E-state index contributed by atoms with van der Waals surface area (Å²) in [6.07, 6.45) is 3.12. The molecule has 1 aromatic carbocycles. The number of hydrogen-bond acceptors (Lipinski definition) is 7. The molecule has 0 aliphatic carbocycles. The molecule has 7 rings (SSSR count).